The van der Waals surface area contributed by atoms with Gasteiger partial charge < -0.3 is 9.84 Å². The van der Waals surface area contributed by atoms with Gasteiger partial charge in [0.1, 0.15) is 12.4 Å². The van der Waals surface area contributed by atoms with Crippen molar-refractivity contribution in [3.8, 4) is 17.6 Å². The van der Waals surface area contributed by atoms with Crippen LogP contribution in [-0.4, -0.2) is 11.1 Å². The van der Waals surface area contributed by atoms with E-state index in [-0.39, 0.29) is 12.3 Å². The van der Waals surface area contributed by atoms with Crippen molar-refractivity contribution in [2.24, 2.45) is 0 Å². The molecule has 0 amide bonds. The molecule has 1 atom stereocenters. The second-order valence-corrected chi connectivity index (χ2v) is 5.47. The molecule has 0 bridgehead atoms. The highest BCUT2D eigenvalue weighted by Gasteiger charge is 2.13. The van der Waals surface area contributed by atoms with Gasteiger partial charge in [-0.1, -0.05) is 41.8 Å². The molecule has 2 aromatic rings. The maximum absolute atomic E-state index is 10.9. The first-order chi connectivity index (χ1) is 11.1. The molecule has 0 radical (unpaired) electrons. The molecule has 0 aliphatic rings. The fourth-order valence-corrected chi connectivity index (χ4v) is 2.40. The highest BCUT2D eigenvalue weighted by Crippen LogP contribution is 2.23. The van der Waals surface area contributed by atoms with Crippen molar-refractivity contribution >= 4 is 17.6 Å². The van der Waals surface area contributed by atoms with Gasteiger partial charge in [0.15, 0.2) is 0 Å². The van der Waals surface area contributed by atoms with Crippen molar-refractivity contribution in [1.29, 1.82) is 0 Å². The maximum atomic E-state index is 10.9. The van der Waals surface area contributed by atoms with E-state index >= 15 is 0 Å². The van der Waals surface area contributed by atoms with E-state index < -0.39 is 5.97 Å². The van der Waals surface area contributed by atoms with Gasteiger partial charge in [-0.25, -0.2) is 0 Å². The van der Waals surface area contributed by atoms with Crippen LogP contribution in [0.5, 0.6) is 5.75 Å². The van der Waals surface area contributed by atoms with Crippen molar-refractivity contribution in [2.75, 3.05) is 0 Å². The van der Waals surface area contributed by atoms with E-state index in [2.05, 4.69) is 11.8 Å². The molecule has 0 fully saturated rings. The molecule has 2 rings (SSSR count). The van der Waals surface area contributed by atoms with Crippen LogP contribution in [0.15, 0.2) is 48.5 Å². The minimum atomic E-state index is -0.862. The average Bonchev–Trinajstić information content (AvgIpc) is 2.53. The lowest BCUT2D eigenvalue weighted by Crippen LogP contribution is -2.04. The Morgan fingerprint density at radius 2 is 2.00 bits per heavy atom. The van der Waals surface area contributed by atoms with Crippen LogP contribution in [0.4, 0.5) is 0 Å². The summed E-state index contributed by atoms with van der Waals surface area (Å²) < 4.78 is 5.71. The summed E-state index contributed by atoms with van der Waals surface area (Å²) in [5, 5.41) is 9.63. The Morgan fingerprint density at radius 3 is 2.61 bits per heavy atom. The van der Waals surface area contributed by atoms with Crippen molar-refractivity contribution < 1.29 is 14.6 Å². The van der Waals surface area contributed by atoms with Crippen molar-refractivity contribution in [1.82, 2.24) is 0 Å². The van der Waals surface area contributed by atoms with E-state index in [4.69, 9.17) is 21.4 Å². The Morgan fingerprint density at radius 1 is 1.26 bits per heavy atom. The summed E-state index contributed by atoms with van der Waals surface area (Å²) in [6.45, 7) is 2.13. The third-order valence-electron chi connectivity index (χ3n) is 3.27. The number of ether oxygens (including phenoxy) is 1. The van der Waals surface area contributed by atoms with Crippen LogP contribution in [0.3, 0.4) is 0 Å². The summed E-state index contributed by atoms with van der Waals surface area (Å²) in [5.74, 6) is 5.26. The Hall–Kier alpha value is -2.44. The third-order valence-corrected chi connectivity index (χ3v) is 3.51. The number of aliphatic carboxylic acids is 1. The van der Waals surface area contributed by atoms with E-state index in [1.807, 2.05) is 48.5 Å². The molecule has 118 valence electrons. The number of carbonyl (C=O) groups is 1. The van der Waals surface area contributed by atoms with E-state index in [1.165, 1.54) is 0 Å². The van der Waals surface area contributed by atoms with Gasteiger partial charge in [0, 0.05) is 5.02 Å². The molecule has 0 spiro atoms. The number of hydrogen-bond acceptors (Lipinski definition) is 2. The van der Waals surface area contributed by atoms with Crippen molar-refractivity contribution in [3.63, 3.8) is 0 Å². The highest BCUT2D eigenvalue weighted by atomic mass is 35.5. The molecule has 1 N–H and O–H groups in total. The van der Waals surface area contributed by atoms with Crippen LogP contribution in [0, 0.1) is 11.8 Å². The number of rotatable bonds is 6. The monoisotopic (exact) mass is 328 g/mol. The van der Waals surface area contributed by atoms with E-state index in [0.29, 0.717) is 17.4 Å². The van der Waals surface area contributed by atoms with Crippen LogP contribution < -0.4 is 4.74 Å². The summed E-state index contributed by atoms with van der Waals surface area (Å²) in [6.07, 6.45) is -0.0104. The van der Waals surface area contributed by atoms with Crippen LogP contribution in [0.2, 0.25) is 5.02 Å². The predicted molar refractivity (Wildman–Crippen MR) is 90.7 cm³/mol. The lowest BCUT2D eigenvalue weighted by Gasteiger charge is -2.11. The zero-order chi connectivity index (χ0) is 16.7. The first kappa shape index (κ1) is 16.9. The molecule has 0 heterocycles. The second kappa shape index (κ2) is 8.26. The van der Waals surface area contributed by atoms with E-state index in [0.717, 1.165) is 11.1 Å². The summed E-state index contributed by atoms with van der Waals surface area (Å²) in [7, 11) is 0. The van der Waals surface area contributed by atoms with Gasteiger partial charge >= 0.3 is 5.97 Å². The molecule has 3 nitrogen and oxygen atoms in total. The number of benzene rings is 2. The zero-order valence-corrected chi connectivity index (χ0v) is 13.5. The van der Waals surface area contributed by atoms with E-state index in [1.54, 1.807) is 6.92 Å². The second-order valence-electron chi connectivity index (χ2n) is 5.03. The highest BCUT2D eigenvalue weighted by molar-refractivity contribution is 6.30. The van der Waals surface area contributed by atoms with Gasteiger partial charge in [-0.05, 0) is 42.3 Å². The molecule has 0 saturated heterocycles. The lowest BCUT2D eigenvalue weighted by atomic mass is 9.96. The number of carboxylic acid groups (broad SMARTS) is 1. The van der Waals surface area contributed by atoms with Crippen LogP contribution in [-0.2, 0) is 11.4 Å². The Balaban J connectivity index is 2.03. The first-order valence-corrected chi connectivity index (χ1v) is 7.57. The zero-order valence-electron chi connectivity index (χ0n) is 12.8. The van der Waals surface area contributed by atoms with Crippen LogP contribution in [0.1, 0.15) is 30.4 Å². The summed E-state index contributed by atoms with van der Waals surface area (Å²) in [6, 6.07) is 14.9. The van der Waals surface area contributed by atoms with Crippen molar-refractivity contribution in [3.05, 3.63) is 64.7 Å². The molecular weight excluding hydrogens is 312 g/mol. The Kier molecular flexibility index (Phi) is 6.08. The minimum absolute atomic E-state index is 0.0104. The average molecular weight is 329 g/mol. The molecule has 0 unspecified atom stereocenters. The molecule has 4 heteroatoms. The standard InChI is InChI=1S/C19H17ClO3/c1-2-4-16(12-19(21)22)15-7-9-18(10-8-15)23-13-14-5-3-6-17(20)11-14/h3,5-11,16H,12-13H2,1H3,(H,21,22)/t16-/m0/s1. The normalized spacial score (nSPS) is 11.2. The van der Waals surface area contributed by atoms with Gasteiger partial charge in [0.2, 0.25) is 0 Å². The van der Waals surface area contributed by atoms with Gasteiger partial charge in [-0.15, -0.1) is 5.92 Å². The predicted octanol–water partition coefficient (Wildman–Crippen LogP) is 4.50. The van der Waals surface area contributed by atoms with E-state index in [9.17, 15) is 4.79 Å². The largest absolute Gasteiger partial charge is 0.489 e. The topological polar surface area (TPSA) is 46.5 Å². The molecule has 2 aromatic carbocycles. The van der Waals surface area contributed by atoms with Gasteiger partial charge in [-0.2, -0.15) is 0 Å². The minimum Gasteiger partial charge on any atom is -0.489 e. The van der Waals surface area contributed by atoms with Crippen LogP contribution >= 0.6 is 11.6 Å². The molecular formula is C19H17ClO3. The first-order valence-electron chi connectivity index (χ1n) is 7.19. The number of hydrogen-bond donors (Lipinski definition) is 1. The fourth-order valence-electron chi connectivity index (χ4n) is 2.19. The summed E-state index contributed by atoms with van der Waals surface area (Å²) in [4.78, 5) is 10.9. The molecule has 0 saturated carbocycles. The van der Waals surface area contributed by atoms with Crippen LogP contribution in [0.25, 0.3) is 0 Å². The summed E-state index contributed by atoms with van der Waals surface area (Å²) >= 11 is 5.94. The third kappa shape index (κ3) is 5.36. The molecule has 23 heavy (non-hydrogen) atoms. The SMILES string of the molecule is CC#C[C@@H](CC(=O)O)c1ccc(OCc2cccc(Cl)c2)cc1. The van der Waals surface area contributed by atoms with Gasteiger partial charge in [-0.3, -0.25) is 4.79 Å². The molecule has 0 aromatic heterocycles. The number of carboxylic acids is 1. The Bertz CT molecular complexity index is 726. The Labute approximate surface area is 140 Å². The van der Waals surface area contributed by atoms with Gasteiger partial charge in [0.05, 0.1) is 12.3 Å². The lowest BCUT2D eigenvalue weighted by molar-refractivity contribution is -0.137. The van der Waals surface area contributed by atoms with Gasteiger partial charge in [0.25, 0.3) is 0 Å². The number of halogens is 1. The maximum Gasteiger partial charge on any atom is 0.304 e. The molecule has 0 aliphatic carbocycles. The quantitative estimate of drug-likeness (QED) is 0.794. The molecule has 0 aliphatic heterocycles. The fraction of sp³-hybridized carbons (Fsp3) is 0.211. The smallest absolute Gasteiger partial charge is 0.304 e. The summed E-state index contributed by atoms with van der Waals surface area (Å²) in [5.41, 5.74) is 1.86. The van der Waals surface area contributed by atoms with Crippen molar-refractivity contribution in [2.45, 2.75) is 25.9 Å².